The van der Waals surface area contributed by atoms with Crippen molar-refractivity contribution in [2.75, 3.05) is 16.8 Å². The number of hydrogen-bond donors (Lipinski definition) is 1. The third kappa shape index (κ3) is 5.47. The van der Waals surface area contributed by atoms with Crippen LogP contribution >= 0.6 is 23.2 Å². The van der Waals surface area contributed by atoms with Crippen LogP contribution in [0.25, 0.3) is 0 Å². The number of halogens is 7. The Labute approximate surface area is 216 Å². The number of nitro groups is 1. The van der Waals surface area contributed by atoms with Crippen LogP contribution in [0, 0.1) is 21.7 Å². The van der Waals surface area contributed by atoms with Gasteiger partial charge >= 0.3 is 6.18 Å². The van der Waals surface area contributed by atoms with E-state index in [0.717, 1.165) is 36.4 Å². The predicted octanol–water partition coefficient (Wildman–Crippen LogP) is 7.40. The minimum atomic E-state index is -4.57. The minimum absolute atomic E-state index is 0.00214. The average Bonchev–Trinajstić information content (AvgIpc) is 2.82. The monoisotopic (exact) mass is 559 g/mol. The Morgan fingerprint density at radius 3 is 2.46 bits per heavy atom. The molecule has 0 atom stereocenters. The number of anilines is 2. The summed E-state index contributed by atoms with van der Waals surface area (Å²) < 4.78 is 69.2. The molecule has 0 spiro atoms. The second-order valence-corrected chi connectivity index (χ2v) is 9.06. The molecular weight excluding hydrogens is 544 g/mol. The first-order valence-electron chi connectivity index (χ1n) is 10.7. The summed E-state index contributed by atoms with van der Waals surface area (Å²) in [6.45, 7) is 0.357. The highest BCUT2D eigenvalue weighted by atomic mass is 35.5. The fourth-order valence-corrected chi connectivity index (χ4v) is 4.50. The quantitative estimate of drug-likeness (QED) is 0.201. The molecule has 0 fully saturated rings. The summed E-state index contributed by atoms with van der Waals surface area (Å²) in [5.41, 5.74) is -1.84. The van der Waals surface area contributed by atoms with Crippen LogP contribution in [-0.2, 0) is 19.1 Å². The van der Waals surface area contributed by atoms with E-state index in [1.165, 1.54) is 6.07 Å². The van der Waals surface area contributed by atoms with E-state index < -0.39 is 45.6 Å². The average molecular weight is 560 g/mol. The highest BCUT2D eigenvalue weighted by molar-refractivity contribution is 6.34. The summed E-state index contributed by atoms with van der Waals surface area (Å²) in [4.78, 5) is 24.5. The van der Waals surface area contributed by atoms with Crippen LogP contribution in [0.3, 0.4) is 0 Å². The first kappa shape index (κ1) is 26.6. The maximum atomic E-state index is 15.4. The van der Waals surface area contributed by atoms with Crippen molar-refractivity contribution in [1.82, 2.24) is 0 Å². The Bertz CT molecular complexity index is 1420. The van der Waals surface area contributed by atoms with Crippen molar-refractivity contribution in [1.29, 1.82) is 0 Å². The Balaban J connectivity index is 1.63. The number of nitrogens with one attached hydrogen (secondary N) is 1. The summed E-state index contributed by atoms with van der Waals surface area (Å²) in [5, 5.41) is 12.8. The molecule has 0 radical (unpaired) electrons. The number of carbonyl (C=O) groups excluding carboxylic acids is 1. The van der Waals surface area contributed by atoms with Gasteiger partial charge in [-0.2, -0.15) is 13.2 Å². The largest absolute Gasteiger partial charge is 0.416 e. The molecule has 3 aromatic rings. The molecule has 1 N–H and O–H groups in total. The van der Waals surface area contributed by atoms with Crippen molar-refractivity contribution in [3.8, 4) is 0 Å². The molecule has 3 aromatic carbocycles. The highest BCUT2D eigenvalue weighted by Crippen LogP contribution is 2.38. The van der Waals surface area contributed by atoms with Crippen molar-refractivity contribution < 1.29 is 31.7 Å². The zero-order chi connectivity index (χ0) is 27.1. The van der Waals surface area contributed by atoms with Gasteiger partial charge in [-0.3, -0.25) is 14.9 Å². The second kappa shape index (κ2) is 10.1. The van der Waals surface area contributed by atoms with Gasteiger partial charge in [0.2, 0.25) is 0 Å². The van der Waals surface area contributed by atoms with Gasteiger partial charge in [0.25, 0.3) is 11.6 Å². The lowest BCUT2D eigenvalue weighted by Gasteiger charge is -2.32. The van der Waals surface area contributed by atoms with E-state index >= 15 is 8.78 Å². The molecule has 6 nitrogen and oxygen atoms in total. The van der Waals surface area contributed by atoms with Crippen molar-refractivity contribution in [2.24, 2.45) is 0 Å². The molecule has 0 saturated carbocycles. The van der Waals surface area contributed by atoms with E-state index in [1.54, 1.807) is 4.90 Å². The summed E-state index contributed by atoms with van der Waals surface area (Å²) in [7, 11) is 0. The molecule has 1 aliphatic rings. The molecule has 0 bridgehead atoms. The van der Waals surface area contributed by atoms with Crippen molar-refractivity contribution in [3.05, 3.63) is 96.5 Å². The Morgan fingerprint density at radius 1 is 1.08 bits per heavy atom. The molecule has 13 heteroatoms. The number of hydrogen-bond acceptors (Lipinski definition) is 4. The third-order valence-corrected chi connectivity index (χ3v) is 6.56. The number of nitrogens with zero attached hydrogens (tertiary/aromatic N) is 2. The van der Waals surface area contributed by atoms with E-state index in [4.69, 9.17) is 23.2 Å². The van der Waals surface area contributed by atoms with Gasteiger partial charge in [-0.05, 0) is 42.7 Å². The normalized spacial score (nSPS) is 13.3. The van der Waals surface area contributed by atoms with Crippen LogP contribution in [-0.4, -0.2) is 17.4 Å². The Morgan fingerprint density at radius 2 is 1.81 bits per heavy atom. The summed E-state index contributed by atoms with van der Waals surface area (Å²) in [6, 6.07) is 6.99. The third-order valence-electron chi connectivity index (χ3n) is 5.88. The minimum Gasteiger partial charge on any atom is -0.367 e. The number of benzene rings is 3. The number of non-ortho nitro benzene ring substituents is 1. The topological polar surface area (TPSA) is 75.5 Å². The van der Waals surface area contributed by atoms with Gasteiger partial charge in [0, 0.05) is 41.5 Å². The van der Waals surface area contributed by atoms with E-state index in [-0.39, 0.29) is 39.8 Å². The van der Waals surface area contributed by atoms with Crippen molar-refractivity contribution in [3.63, 3.8) is 0 Å². The van der Waals surface area contributed by atoms with Gasteiger partial charge in [-0.15, -0.1) is 0 Å². The van der Waals surface area contributed by atoms with Gasteiger partial charge in [0.15, 0.2) is 11.6 Å². The molecule has 1 aliphatic heterocycles. The van der Waals surface area contributed by atoms with E-state index in [1.807, 2.05) is 0 Å². The maximum Gasteiger partial charge on any atom is 0.416 e. The van der Waals surface area contributed by atoms with Gasteiger partial charge in [-0.1, -0.05) is 29.3 Å². The molecule has 1 heterocycles. The number of amides is 1. The smallest absolute Gasteiger partial charge is 0.367 e. The lowest BCUT2D eigenvalue weighted by Crippen LogP contribution is -2.30. The van der Waals surface area contributed by atoms with Crippen LogP contribution in [0.2, 0.25) is 10.0 Å². The number of carbonyl (C=O) groups is 1. The second-order valence-electron chi connectivity index (χ2n) is 8.25. The number of rotatable bonds is 5. The molecule has 0 aromatic heterocycles. The fraction of sp³-hybridized carbons (Fsp3) is 0.208. The van der Waals surface area contributed by atoms with Gasteiger partial charge in [0.1, 0.15) is 5.69 Å². The van der Waals surface area contributed by atoms with Gasteiger partial charge in [-0.25, -0.2) is 8.78 Å². The van der Waals surface area contributed by atoms with Gasteiger partial charge in [0.05, 0.1) is 21.1 Å². The molecule has 1 amide bonds. The molecule has 0 saturated heterocycles. The lowest BCUT2D eigenvalue weighted by molar-refractivity contribution is -0.384. The van der Waals surface area contributed by atoms with E-state index in [2.05, 4.69) is 5.32 Å². The van der Waals surface area contributed by atoms with Crippen LogP contribution in [0.5, 0.6) is 0 Å². The summed E-state index contributed by atoms with van der Waals surface area (Å²) >= 11 is 12.0. The Hall–Kier alpha value is -3.44. The standard InChI is InChI=1S/C24H16Cl2F5N3O3/c25-17-6-5-14(34(36)37)9-16(17)23(35)32-22-19(27)10-20-15(21(22)28)2-1-7-33(20)11-12-3-4-13(8-18(12)26)24(29,30)31/h3-6,8-10H,1-2,7,11H2,(H,32,35). The summed E-state index contributed by atoms with van der Waals surface area (Å²) in [6.07, 6.45) is -3.92. The van der Waals surface area contributed by atoms with Crippen LogP contribution < -0.4 is 10.2 Å². The van der Waals surface area contributed by atoms with Gasteiger partial charge < -0.3 is 10.2 Å². The Kier molecular flexibility index (Phi) is 7.29. The molecule has 0 aliphatic carbocycles. The molecule has 0 unspecified atom stereocenters. The van der Waals surface area contributed by atoms with Crippen LogP contribution in [0.15, 0.2) is 42.5 Å². The van der Waals surface area contributed by atoms with Crippen molar-refractivity contribution in [2.45, 2.75) is 25.6 Å². The first-order valence-corrected chi connectivity index (χ1v) is 11.5. The maximum absolute atomic E-state index is 15.4. The number of nitro benzene ring substituents is 1. The lowest BCUT2D eigenvalue weighted by atomic mass is 9.98. The van der Waals surface area contributed by atoms with Crippen LogP contribution in [0.1, 0.15) is 33.5 Å². The zero-order valence-corrected chi connectivity index (χ0v) is 20.1. The molecule has 37 heavy (non-hydrogen) atoms. The SMILES string of the molecule is O=C(Nc1c(F)cc2c(c1F)CCCN2Cc1ccc(C(F)(F)F)cc1Cl)c1cc([N+](=O)[O-])ccc1Cl. The highest BCUT2D eigenvalue weighted by Gasteiger charge is 2.32. The fourth-order valence-electron chi connectivity index (χ4n) is 4.05. The number of fused-ring (bicyclic) bond motifs is 1. The van der Waals surface area contributed by atoms with E-state index in [0.29, 0.717) is 18.5 Å². The molecule has 4 rings (SSSR count). The molecular formula is C24H16Cl2F5N3O3. The molecule has 194 valence electrons. The van der Waals surface area contributed by atoms with Crippen LogP contribution in [0.4, 0.5) is 39.0 Å². The summed E-state index contributed by atoms with van der Waals surface area (Å²) in [5.74, 6) is -3.19. The van der Waals surface area contributed by atoms with E-state index in [9.17, 15) is 28.1 Å². The zero-order valence-electron chi connectivity index (χ0n) is 18.6. The van der Waals surface area contributed by atoms with Crippen molar-refractivity contribution >= 4 is 46.2 Å². The predicted molar refractivity (Wildman–Crippen MR) is 128 cm³/mol. The number of alkyl halides is 3. The first-order chi connectivity index (χ1) is 17.4.